The summed E-state index contributed by atoms with van der Waals surface area (Å²) >= 11 is 0. The summed E-state index contributed by atoms with van der Waals surface area (Å²) in [6.45, 7) is 1.72. The molecule has 0 saturated heterocycles. The third-order valence-corrected chi connectivity index (χ3v) is 7.73. The molecule has 326 valence electrons. The van der Waals surface area contributed by atoms with Crippen LogP contribution in [0.15, 0.2) is 0 Å². The largest absolute Gasteiger partial charge is 0.420 e. The number of hydrogen-bond donors (Lipinski definition) is 7. The van der Waals surface area contributed by atoms with Crippen molar-refractivity contribution in [3.05, 3.63) is 29.1 Å². The average molecular weight is 830 g/mol. The Bertz CT molecular complexity index is 1360. The van der Waals surface area contributed by atoms with Gasteiger partial charge in [-0.25, -0.2) is 13.2 Å². The molecule has 1 aromatic carbocycles. The monoisotopic (exact) mass is 829 g/mol. The zero-order valence-electron chi connectivity index (χ0n) is 31.9. The van der Waals surface area contributed by atoms with E-state index in [9.17, 15) is 45.9 Å². The van der Waals surface area contributed by atoms with Gasteiger partial charge in [-0.05, 0) is 64.6 Å². The van der Waals surface area contributed by atoms with Crippen molar-refractivity contribution in [1.29, 1.82) is 0 Å². The fourth-order valence-electron chi connectivity index (χ4n) is 4.71. The molecule has 10 N–H and O–H groups in total. The van der Waals surface area contributed by atoms with Gasteiger partial charge in [0.15, 0.2) is 0 Å². The van der Waals surface area contributed by atoms with Crippen LogP contribution in [0.4, 0.5) is 22.0 Å². The van der Waals surface area contributed by atoms with E-state index >= 15 is 0 Å². The van der Waals surface area contributed by atoms with Crippen molar-refractivity contribution in [1.82, 2.24) is 21.3 Å². The lowest BCUT2D eigenvalue weighted by Crippen LogP contribution is -2.52. The lowest BCUT2D eigenvalue weighted by atomic mass is 10.1. The second-order valence-electron chi connectivity index (χ2n) is 12.3. The van der Waals surface area contributed by atoms with Gasteiger partial charge in [0.1, 0.15) is 12.1 Å². The molecular formula is C35H56F5N7O10. The molecule has 17 nitrogen and oxygen atoms in total. The average Bonchev–Trinajstić information content (AvgIpc) is 3.19. The maximum absolute atomic E-state index is 13.6. The third-order valence-electron chi connectivity index (χ3n) is 7.73. The molecule has 0 aliphatic rings. The summed E-state index contributed by atoms with van der Waals surface area (Å²) in [4.78, 5) is 62.2. The Hall–Kier alpha value is -4.06. The molecule has 4 amide bonds. The molecule has 22 heteroatoms. The van der Waals surface area contributed by atoms with Crippen LogP contribution in [0.3, 0.4) is 0 Å². The van der Waals surface area contributed by atoms with E-state index < -0.39 is 83.6 Å². The van der Waals surface area contributed by atoms with E-state index in [0.29, 0.717) is 64.6 Å². The Kier molecular flexibility index (Phi) is 27.7. The Labute approximate surface area is 327 Å². The third kappa shape index (κ3) is 21.9. The van der Waals surface area contributed by atoms with Gasteiger partial charge in [-0.1, -0.05) is 0 Å². The zero-order chi connectivity index (χ0) is 42.4. The van der Waals surface area contributed by atoms with E-state index in [1.165, 1.54) is 0 Å². The van der Waals surface area contributed by atoms with Gasteiger partial charge >= 0.3 is 5.97 Å². The zero-order valence-corrected chi connectivity index (χ0v) is 31.9. The number of benzene rings is 1. The van der Waals surface area contributed by atoms with Crippen LogP contribution >= 0.6 is 0 Å². The molecule has 0 fully saturated rings. The fourth-order valence-corrected chi connectivity index (χ4v) is 4.71. The number of halogens is 5. The Morgan fingerprint density at radius 2 is 0.947 bits per heavy atom. The van der Waals surface area contributed by atoms with E-state index in [4.69, 9.17) is 36.1 Å². The molecule has 0 aliphatic carbocycles. The molecule has 0 bridgehead atoms. The molecule has 1 aromatic rings. The number of rotatable bonds is 33. The molecule has 2 atom stereocenters. The number of carbonyl (C=O) groups excluding carboxylic acids is 5. The van der Waals surface area contributed by atoms with E-state index in [1.807, 2.05) is 0 Å². The van der Waals surface area contributed by atoms with Crippen LogP contribution in [-0.2, 0) is 42.9 Å². The van der Waals surface area contributed by atoms with E-state index in [-0.39, 0.29) is 71.7 Å². The first kappa shape index (κ1) is 51.0. The lowest BCUT2D eigenvalue weighted by Gasteiger charge is -2.20. The van der Waals surface area contributed by atoms with Gasteiger partial charge in [0.25, 0.3) is 0 Å². The lowest BCUT2D eigenvalue weighted by molar-refractivity contribution is -0.136. The summed E-state index contributed by atoms with van der Waals surface area (Å²) in [7, 11) is 0. The van der Waals surface area contributed by atoms with Crippen molar-refractivity contribution in [2.24, 2.45) is 17.2 Å². The first-order chi connectivity index (χ1) is 27.4. The minimum Gasteiger partial charge on any atom is -0.420 e. The van der Waals surface area contributed by atoms with E-state index in [0.717, 1.165) is 0 Å². The van der Waals surface area contributed by atoms with E-state index in [1.54, 1.807) is 0 Å². The standard InChI is InChI=1S/C35H56F5N7O10/c36-28-29(37)31(39)33(32(40)30(28)38)57-27(50)9-14-53-16-18-55-20-21-56-19-17-54-15-13-44-34(51)23(6-1-3-10-41)47-26(49)22-45-35(52)24(7-2-4-11-42)46-25(48)8-5-12-43/h23-24H,1-22,41-43H2,(H,44,51)(H,45,52)(H,46,48)(H,47,49). The van der Waals surface area contributed by atoms with Gasteiger partial charge in [-0.15, -0.1) is 0 Å². The highest BCUT2D eigenvalue weighted by Gasteiger charge is 2.29. The highest BCUT2D eigenvalue weighted by molar-refractivity contribution is 5.92. The molecular weight excluding hydrogens is 773 g/mol. The molecule has 2 unspecified atom stereocenters. The van der Waals surface area contributed by atoms with Crippen molar-refractivity contribution in [2.75, 3.05) is 85.6 Å². The number of esters is 1. The number of nitrogens with two attached hydrogens (primary N) is 3. The smallest absolute Gasteiger partial charge is 0.313 e. The number of carbonyl (C=O) groups is 5. The SMILES string of the molecule is NCCCCC(NC(=O)CCCN)C(=O)NCC(=O)NC(CCCCN)C(=O)NCCOCCOCCOCCOCCC(=O)Oc1c(F)c(F)c(F)c(F)c1F. The molecule has 1 rings (SSSR count). The Morgan fingerprint density at radius 1 is 0.509 bits per heavy atom. The molecule has 0 spiro atoms. The second kappa shape index (κ2) is 31.0. The van der Waals surface area contributed by atoms with Gasteiger partial charge < -0.3 is 62.2 Å². The van der Waals surface area contributed by atoms with Gasteiger partial charge in [-0.3, -0.25) is 24.0 Å². The van der Waals surface area contributed by atoms with Crippen LogP contribution in [0.1, 0.15) is 57.8 Å². The quantitative estimate of drug-likeness (QED) is 0.0123. The van der Waals surface area contributed by atoms with Crippen LogP contribution in [0, 0.1) is 29.1 Å². The van der Waals surface area contributed by atoms with Crippen molar-refractivity contribution >= 4 is 29.6 Å². The van der Waals surface area contributed by atoms with Crippen molar-refractivity contribution in [3.63, 3.8) is 0 Å². The predicted molar refractivity (Wildman–Crippen MR) is 194 cm³/mol. The molecule has 0 aliphatic heterocycles. The fraction of sp³-hybridized carbons (Fsp3) is 0.686. The summed E-state index contributed by atoms with van der Waals surface area (Å²) in [5.74, 6) is -16.2. The highest BCUT2D eigenvalue weighted by Crippen LogP contribution is 2.29. The van der Waals surface area contributed by atoms with Crippen molar-refractivity contribution in [3.8, 4) is 5.75 Å². The van der Waals surface area contributed by atoms with Crippen LogP contribution in [-0.4, -0.2) is 127 Å². The normalized spacial score (nSPS) is 12.1. The van der Waals surface area contributed by atoms with E-state index in [2.05, 4.69) is 26.0 Å². The topological polar surface area (TPSA) is 258 Å². The van der Waals surface area contributed by atoms with Crippen LogP contribution in [0.2, 0.25) is 0 Å². The Morgan fingerprint density at radius 3 is 1.46 bits per heavy atom. The number of amides is 4. The summed E-state index contributed by atoms with van der Waals surface area (Å²) < 4.78 is 92.2. The molecule has 0 saturated carbocycles. The van der Waals surface area contributed by atoms with Gasteiger partial charge in [0.2, 0.25) is 58.5 Å². The number of unbranched alkanes of at least 4 members (excludes halogenated alkanes) is 2. The molecule has 0 radical (unpaired) electrons. The number of nitrogens with one attached hydrogen (secondary N) is 4. The molecule has 0 heterocycles. The van der Waals surface area contributed by atoms with Gasteiger partial charge in [0, 0.05) is 13.0 Å². The van der Waals surface area contributed by atoms with Crippen molar-refractivity contribution in [2.45, 2.75) is 69.9 Å². The molecule has 0 aromatic heterocycles. The second-order valence-corrected chi connectivity index (χ2v) is 12.3. The summed E-state index contributed by atoms with van der Waals surface area (Å²) in [6.07, 6.45) is 3.22. The summed E-state index contributed by atoms with van der Waals surface area (Å²) in [5, 5.41) is 10.5. The first-order valence-corrected chi connectivity index (χ1v) is 18.6. The van der Waals surface area contributed by atoms with Gasteiger partial charge in [-0.2, -0.15) is 8.78 Å². The minimum absolute atomic E-state index is 0.0201. The summed E-state index contributed by atoms with van der Waals surface area (Å²) in [6, 6.07) is -1.73. The van der Waals surface area contributed by atoms with Crippen LogP contribution < -0.4 is 43.2 Å². The maximum Gasteiger partial charge on any atom is 0.313 e. The molecule has 57 heavy (non-hydrogen) atoms. The maximum atomic E-state index is 13.6. The predicted octanol–water partition coefficient (Wildman–Crippen LogP) is -0.0571. The highest BCUT2D eigenvalue weighted by atomic mass is 19.2. The number of ether oxygens (including phenoxy) is 5. The Balaban J connectivity index is 2.25. The first-order valence-electron chi connectivity index (χ1n) is 18.6. The van der Waals surface area contributed by atoms with Crippen LogP contribution in [0.25, 0.3) is 0 Å². The van der Waals surface area contributed by atoms with Crippen molar-refractivity contribution < 1.29 is 69.6 Å². The van der Waals surface area contributed by atoms with Crippen LogP contribution in [0.5, 0.6) is 5.75 Å². The number of hydrogen-bond acceptors (Lipinski definition) is 13. The summed E-state index contributed by atoms with van der Waals surface area (Å²) in [5.41, 5.74) is 16.6. The van der Waals surface area contributed by atoms with Gasteiger partial charge in [0.05, 0.1) is 65.8 Å². The minimum atomic E-state index is -2.37.